The number of hydrogen-bond acceptors (Lipinski definition) is 5. The number of hydrogen-bond donors (Lipinski definition) is 1. The van der Waals surface area contributed by atoms with Crippen LogP contribution in [-0.2, 0) is 17.9 Å². The number of aryl methyl sites for hydroxylation is 1. The van der Waals surface area contributed by atoms with E-state index in [1.54, 1.807) is 26.1 Å². The van der Waals surface area contributed by atoms with Crippen molar-refractivity contribution in [1.82, 2.24) is 14.5 Å². The summed E-state index contributed by atoms with van der Waals surface area (Å²) in [7, 11) is 1.61. The van der Waals surface area contributed by atoms with Gasteiger partial charge in [-0.25, -0.2) is 4.79 Å². The minimum absolute atomic E-state index is 0.0591. The van der Waals surface area contributed by atoms with Gasteiger partial charge in [0.05, 0.1) is 5.56 Å². The quantitative estimate of drug-likeness (QED) is 0.632. The second-order valence-electron chi connectivity index (χ2n) is 5.28. The van der Waals surface area contributed by atoms with Gasteiger partial charge >= 0.3 is 11.8 Å². The highest BCUT2D eigenvalue weighted by atomic mass is 16.6. The Kier molecular flexibility index (Phi) is 4.93. The predicted octanol–water partition coefficient (Wildman–Crippen LogP) is 1.46. The van der Waals surface area contributed by atoms with Crippen LogP contribution in [0, 0.1) is 17.0 Å². The van der Waals surface area contributed by atoms with Crippen LogP contribution in [0.25, 0.3) is 0 Å². The van der Waals surface area contributed by atoms with E-state index in [9.17, 15) is 19.7 Å². The van der Waals surface area contributed by atoms with Gasteiger partial charge in [0.1, 0.15) is 12.7 Å². The van der Waals surface area contributed by atoms with Gasteiger partial charge in [-0.1, -0.05) is 12.1 Å². The maximum absolute atomic E-state index is 12.2. The molecule has 9 nitrogen and oxygen atoms in total. The summed E-state index contributed by atoms with van der Waals surface area (Å²) in [5.41, 5.74) is 0.957. The smallest absolute Gasteiger partial charge is 0.381 e. The van der Waals surface area contributed by atoms with Crippen molar-refractivity contribution in [2.75, 3.05) is 7.05 Å². The molecule has 0 radical (unpaired) electrons. The first kappa shape index (κ1) is 17.1. The molecule has 0 aliphatic heterocycles. The summed E-state index contributed by atoms with van der Waals surface area (Å²) in [6.07, 6.45) is 1.22. The second-order valence-corrected chi connectivity index (χ2v) is 5.28. The highest BCUT2D eigenvalue weighted by molar-refractivity contribution is 5.87. The molecule has 0 bridgehead atoms. The number of carboxylic acids is 1. The second kappa shape index (κ2) is 6.90. The largest absolute Gasteiger partial charge is 0.478 e. The van der Waals surface area contributed by atoms with Crippen LogP contribution in [0.2, 0.25) is 0 Å². The third kappa shape index (κ3) is 3.94. The molecule has 0 saturated carbocycles. The lowest BCUT2D eigenvalue weighted by atomic mass is 10.1. The highest BCUT2D eigenvalue weighted by Gasteiger charge is 2.18. The molecule has 24 heavy (non-hydrogen) atoms. The zero-order valence-electron chi connectivity index (χ0n) is 13.2. The van der Waals surface area contributed by atoms with Gasteiger partial charge in [0.15, 0.2) is 0 Å². The molecule has 0 fully saturated rings. The summed E-state index contributed by atoms with van der Waals surface area (Å²) in [5, 5.41) is 19.6. The molecule has 126 valence electrons. The number of nitrogens with zero attached hydrogens (tertiary/aromatic N) is 4. The first-order chi connectivity index (χ1) is 11.3. The lowest BCUT2D eigenvalue weighted by molar-refractivity contribution is -0.389. The maximum atomic E-state index is 12.2. The minimum Gasteiger partial charge on any atom is -0.478 e. The Hall–Kier alpha value is -3.23. The molecule has 2 aromatic rings. The normalized spacial score (nSPS) is 10.4. The number of imidazole rings is 1. The highest BCUT2D eigenvalue weighted by Crippen LogP contribution is 2.12. The Labute approximate surface area is 137 Å². The standard InChI is InChI=1S/C15H16N4O5/c1-10-16-13(19(23)24)8-18(10)9-14(20)17(2)7-11-3-5-12(6-4-11)15(21)22/h3-6,8H,7,9H2,1-2H3,(H,21,22). The van der Waals surface area contributed by atoms with Crippen molar-refractivity contribution in [3.8, 4) is 0 Å². The SMILES string of the molecule is Cc1nc([N+](=O)[O-])cn1CC(=O)N(C)Cc1ccc(C(=O)O)cc1. The molecule has 1 N–H and O–H groups in total. The molecule has 0 atom stereocenters. The van der Waals surface area contributed by atoms with Gasteiger partial charge < -0.3 is 20.1 Å². The van der Waals surface area contributed by atoms with Crippen molar-refractivity contribution >= 4 is 17.7 Å². The van der Waals surface area contributed by atoms with Gasteiger partial charge in [-0.2, -0.15) is 0 Å². The first-order valence-electron chi connectivity index (χ1n) is 7.02. The van der Waals surface area contributed by atoms with Gasteiger partial charge in [-0.05, 0) is 27.6 Å². The van der Waals surface area contributed by atoms with Gasteiger partial charge in [0.25, 0.3) is 0 Å². The Morgan fingerprint density at radius 2 is 1.96 bits per heavy atom. The van der Waals surface area contributed by atoms with Crippen LogP contribution >= 0.6 is 0 Å². The van der Waals surface area contributed by atoms with Crippen LogP contribution in [-0.4, -0.2) is 43.4 Å². The van der Waals surface area contributed by atoms with E-state index in [1.807, 2.05) is 0 Å². The van der Waals surface area contributed by atoms with Gasteiger partial charge in [0, 0.05) is 20.5 Å². The minimum atomic E-state index is -1.01. The molecule has 1 heterocycles. The number of likely N-dealkylation sites (N-methyl/N-ethyl adjacent to an activating group) is 1. The molecule has 1 aromatic heterocycles. The Balaban J connectivity index is 2.01. The van der Waals surface area contributed by atoms with Gasteiger partial charge in [-0.3, -0.25) is 9.36 Å². The fourth-order valence-corrected chi connectivity index (χ4v) is 2.12. The van der Waals surface area contributed by atoms with Crippen molar-refractivity contribution in [1.29, 1.82) is 0 Å². The number of nitro groups is 1. The number of carboxylic acid groups (broad SMARTS) is 1. The number of carbonyl (C=O) groups is 2. The van der Waals surface area contributed by atoms with E-state index in [0.717, 1.165) is 5.56 Å². The van der Waals surface area contributed by atoms with Crippen LogP contribution in [0.3, 0.4) is 0 Å². The zero-order valence-corrected chi connectivity index (χ0v) is 13.2. The summed E-state index contributed by atoms with van der Waals surface area (Å²) in [5.74, 6) is -1.17. The average molecular weight is 332 g/mol. The van der Waals surface area contributed by atoms with Crippen LogP contribution < -0.4 is 0 Å². The summed E-state index contributed by atoms with van der Waals surface area (Å²) >= 11 is 0. The van der Waals surface area contributed by atoms with Crippen LogP contribution in [0.4, 0.5) is 5.82 Å². The Morgan fingerprint density at radius 3 is 2.46 bits per heavy atom. The number of amides is 1. The van der Waals surface area contributed by atoms with E-state index in [0.29, 0.717) is 12.4 Å². The molecule has 0 aliphatic rings. The molecule has 0 aliphatic carbocycles. The van der Waals surface area contributed by atoms with E-state index < -0.39 is 10.9 Å². The summed E-state index contributed by atoms with van der Waals surface area (Å²) in [4.78, 5) is 38.4. The molecule has 2 rings (SSSR count). The summed E-state index contributed by atoms with van der Waals surface area (Å²) in [6, 6.07) is 6.22. The third-order valence-corrected chi connectivity index (χ3v) is 3.50. The van der Waals surface area contributed by atoms with Crippen LogP contribution in [0.15, 0.2) is 30.5 Å². The lowest BCUT2D eigenvalue weighted by Gasteiger charge is -2.17. The summed E-state index contributed by atoms with van der Waals surface area (Å²) < 4.78 is 1.42. The monoisotopic (exact) mass is 332 g/mol. The average Bonchev–Trinajstić information content (AvgIpc) is 2.89. The summed E-state index contributed by atoms with van der Waals surface area (Å²) in [6.45, 7) is 1.83. The van der Waals surface area contributed by atoms with E-state index in [4.69, 9.17) is 5.11 Å². The predicted molar refractivity (Wildman–Crippen MR) is 83.5 cm³/mol. The fraction of sp³-hybridized carbons (Fsp3) is 0.267. The lowest BCUT2D eigenvalue weighted by Crippen LogP contribution is -2.29. The number of aromatic carboxylic acids is 1. The molecule has 0 spiro atoms. The zero-order chi connectivity index (χ0) is 17.9. The van der Waals surface area contributed by atoms with E-state index >= 15 is 0 Å². The molecule has 1 amide bonds. The number of benzene rings is 1. The van der Waals surface area contributed by atoms with E-state index in [1.165, 1.54) is 27.8 Å². The molecular weight excluding hydrogens is 316 g/mol. The van der Waals surface area contributed by atoms with Gasteiger partial charge in [-0.15, -0.1) is 0 Å². The topological polar surface area (TPSA) is 119 Å². The van der Waals surface area contributed by atoms with Crippen molar-refractivity contribution in [3.63, 3.8) is 0 Å². The third-order valence-electron chi connectivity index (χ3n) is 3.50. The molecule has 9 heteroatoms. The van der Waals surface area contributed by atoms with Crippen LogP contribution in [0.5, 0.6) is 0 Å². The molecule has 0 unspecified atom stereocenters. The van der Waals surface area contributed by atoms with Crippen molar-refractivity contribution in [2.24, 2.45) is 0 Å². The Bertz CT molecular complexity index is 782. The van der Waals surface area contributed by atoms with Crippen molar-refractivity contribution in [2.45, 2.75) is 20.0 Å². The van der Waals surface area contributed by atoms with Crippen molar-refractivity contribution < 1.29 is 19.6 Å². The molecular formula is C15H16N4O5. The number of carbonyl (C=O) groups excluding carboxylic acids is 1. The van der Waals surface area contributed by atoms with Crippen LogP contribution in [0.1, 0.15) is 21.7 Å². The van der Waals surface area contributed by atoms with Gasteiger partial charge in [0.2, 0.25) is 11.7 Å². The molecule has 0 saturated heterocycles. The van der Waals surface area contributed by atoms with E-state index in [2.05, 4.69) is 4.98 Å². The maximum Gasteiger partial charge on any atom is 0.381 e. The number of rotatable bonds is 6. The molecule has 1 aromatic carbocycles. The first-order valence-corrected chi connectivity index (χ1v) is 7.02. The van der Waals surface area contributed by atoms with Crippen molar-refractivity contribution in [3.05, 3.63) is 57.5 Å². The Morgan fingerprint density at radius 1 is 1.33 bits per heavy atom. The number of aromatic nitrogens is 2. The fourth-order valence-electron chi connectivity index (χ4n) is 2.12. The van der Waals surface area contributed by atoms with E-state index in [-0.39, 0.29) is 23.8 Å².